The van der Waals surface area contributed by atoms with Gasteiger partial charge in [-0.2, -0.15) is 13.2 Å². The molecule has 6 nitrogen and oxygen atoms in total. The summed E-state index contributed by atoms with van der Waals surface area (Å²) in [6.45, 7) is 8.26. The minimum Gasteiger partial charge on any atom is -0.372 e. The molecule has 0 radical (unpaired) electrons. The molecule has 4 rings (SSSR count). The van der Waals surface area contributed by atoms with Gasteiger partial charge in [0.1, 0.15) is 0 Å². The molecule has 2 heterocycles. The number of rotatable bonds is 11. The topological polar surface area (TPSA) is 60.5 Å². The Labute approximate surface area is 228 Å². The van der Waals surface area contributed by atoms with Crippen molar-refractivity contribution in [2.75, 3.05) is 24.5 Å². The highest BCUT2D eigenvalue weighted by Crippen LogP contribution is 2.29. The lowest BCUT2D eigenvalue weighted by Gasteiger charge is -2.25. The molecular weight excluding hydrogens is 503 g/mol. The summed E-state index contributed by atoms with van der Waals surface area (Å²) in [4.78, 5) is 21.8. The first kappa shape index (κ1) is 28.6. The number of anilines is 1. The van der Waals surface area contributed by atoms with Crippen molar-refractivity contribution < 1.29 is 18.0 Å². The minimum atomic E-state index is -4.35. The number of amides is 1. The van der Waals surface area contributed by atoms with E-state index < -0.39 is 11.7 Å². The minimum absolute atomic E-state index is 0.0244. The van der Waals surface area contributed by atoms with Crippen LogP contribution in [0.1, 0.15) is 42.5 Å². The van der Waals surface area contributed by atoms with E-state index in [4.69, 9.17) is 0 Å². The van der Waals surface area contributed by atoms with Crippen LogP contribution in [0.4, 0.5) is 18.9 Å². The van der Waals surface area contributed by atoms with Crippen molar-refractivity contribution in [3.8, 4) is 0 Å². The van der Waals surface area contributed by atoms with Gasteiger partial charge in [-0.15, -0.1) is 0 Å². The van der Waals surface area contributed by atoms with Crippen molar-refractivity contribution in [3.63, 3.8) is 0 Å². The molecule has 1 aromatic heterocycles. The number of aromatic nitrogens is 1. The number of likely N-dealkylation sites (tertiary alicyclic amines) is 1. The van der Waals surface area contributed by atoms with E-state index in [1.165, 1.54) is 17.8 Å². The zero-order chi connectivity index (χ0) is 27.8. The van der Waals surface area contributed by atoms with Crippen molar-refractivity contribution in [2.45, 2.75) is 58.2 Å². The van der Waals surface area contributed by atoms with E-state index in [0.717, 1.165) is 41.9 Å². The summed E-state index contributed by atoms with van der Waals surface area (Å²) in [7, 11) is 0. The predicted molar refractivity (Wildman–Crippen MR) is 147 cm³/mol. The number of hydrogen-bond donors (Lipinski definition) is 2. The molecule has 0 aliphatic carbocycles. The Morgan fingerprint density at radius 3 is 2.28 bits per heavy atom. The fourth-order valence-electron chi connectivity index (χ4n) is 5.02. The predicted octanol–water partition coefficient (Wildman–Crippen LogP) is 5.00. The summed E-state index contributed by atoms with van der Waals surface area (Å²) in [5, 5.41) is 6.50. The van der Waals surface area contributed by atoms with E-state index in [1.54, 1.807) is 12.4 Å². The molecule has 0 bridgehead atoms. The maximum atomic E-state index is 13.3. The van der Waals surface area contributed by atoms with Crippen molar-refractivity contribution in [1.29, 1.82) is 0 Å². The third-order valence-corrected chi connectivity index (χ3v) is 7.22. The number of benzene rings is 2. The lowest BCUT2D eigenvalue weighted by molar-refractivity contribution is -0.137. The van der Waals surface area contributed by atoms with Crippen LogP contribution in [-0.2, 0) is 30.6 Å². The number of nitrogens with one attached hydrogen (secondary N) is 2. The monoisotopic (exact) mass is 539 g/mol. The second-order valence-corrected chi connectivity index (χ2v) is 9.87. The van der Waals surface area contributed by atoms with Crippen LogP contribution in [0, 0.1) is 0 Å². The maximum absolute atomic E-state index is 13.3. The van der Waals surface area contributed by atoms with Crippen molar-refractivity contribution in [3.05, 3.63) is 95.3 Å². The highest BCUT2D eigenvalue weighted by Gasteiger charge is 2.36. The molecule has 208 valence electrons. The second kappa shape index (κ2) is 13.1. The Morgan fingerprint density at radius 1 is 0.974 bits per heavy atom. The Kier molecular flexibility index (Phi) is 9.59. The molecule has 1 amide bonds. The largest absolute Gasteiger partial charge is 0.416 e. The third-order valence-electron chi connectivity index (χ3n) is 7.22. The summed E-state index contributed by atoms with van der Waals surface area (Å²) in [6.07, 6.45) is -0.310. The summed E-state index contributed by atoms with van der Waals surface area (Å²) in [5.74, 6) is -0.0440. The van der Waals surface area contributed by atoms with E-state index in [1.807, 2.05) is 12.1 Å². The van der Waals surface area contributed by atoms with Crippen molar-refractivity contribution in [1.82, 2.24) is 20.5 Å². The van der Waals surface area contributed by atoms with Crippen molar-refractivity contribution >= 4 is 11.6 Å². The van der Waals surface area contributed by atoms with Crippen LogP contribution in [-0.4, -0.2) is 47.5 Å². The van der Waals surface area contributed by atoms with E-state index >= 15 is 0 Å². The van der Waals surface area contributed by atoms with Gasteiger partial charge in [0, 0.05) is 63.4 Å². The van der Waals surface area contributed by atoms with Gasteiger partial charge >= 0.3 is 6.18 Å². The zero-order valence-corrected chi connectivity index (χ0v) is 22.4. The van der Waals surface area contributed by atoms with E-state index in [0.29, 0.717) is 32.6 Å². The first-order valence-electron chi connectivity index (χ1n) is 13.4. The van der Waals surface area contributed by atoms with E-state index in [9.17, 15) is 18.0 Å². The SMILES string of the molecule is CCN(CC)c1ccc(CN2C[C@@H](NCc3ccc(C(F)(F)F)cc3)C[C@H]2C(=O)NCc2cccnc2)cc1. The number of hydrogen-bond acceptors (Lipinski definition) is 5. The molecule has 39 heavy (non-hydrogen) atoms. The summed E-state index contributed by atoms with van der Waals surface area (Å²) in [5.41, 5.74) is 3.34. The fraction of sp³-hybridized carbons (Fsp3) is 0.400. The van der Waals surface area contributed by atoms with Crippen LogP contribution in [0.25, 0.3) is 0 Å². The van der Waals surface area contributed by atoms with Crippen LogP contribution >= 0.6 is 0 Å². The second-order valence-electron chi connectivity index (χ2n) is 9.87. The first-order chi connectivity index (χ1) is 18.8. The normalized spacial score (nSPS) is 17.8. The lowest BCUT2D eigenvalue weighted by Crippen LogP contribution is -2.42. The van der Waals surface area contributed by atoms with Gasteiger partial charge in [0.2, 0.25) is 5.91 Å². The smallest absolute Gasteiger partial charge is 0.372 e. The Hall–Kier alpha value is -3.43. The van der Waals surface area contributed by atoms with E-state index in [2.05, 4.69) is 63.5 Å². The van der Waals surface area contributed by atoms with Crippen molar-refractivity contribution in [2.24, 2.45) is 0 Å². The molecule has 0 saturated carbocycles. The summed E-state index contributed by atoms with van der Waals surface area (Å²) in [6, 6.07) is 17.1. The summed E-state index contributed by atoms with van der Waals surface area (Å²) >= 11 is 0. The van der Waals surface area contributed by atoms with Gasteiger partial charge in [-0.3, -0.25) is 14.7 Å². The molecule has 1 fully saturated rings. The summed E-state index contributed by atoms with van der Waals surface area (Å²) < 4.78 is 38.7. The third kappa shape index (κ3) is 7.80. The van der Waals surface area contributed by atoms with Gasteiger partial charge in [-0.25, -0.2) is 0 Å². The maximum Gasteiger partial charge on any atom is 0.416 e. The first-order valence-corrected chi connectivity index (χ1v) is 13.4. The van der Waals surface area contributed by atoms with Gasteiger partial charge in [0.05, 0.1) is 11.6 Å². The highest BCUT2D eigenvalue weighted by molar-refractivity contribution is 5.82. The fourth-order valence-corrected chi connectivity index (χ4v) is 5.02. The average molecular weight is 540 g/mol. The zero-order valence-electron chi connectivity index (χ0n) is 22.4. The number of nitrogens with zero attached hydrogens (tertiary/aromatic N) is 3. The van der Waals surface area contributed by atoms with Gasteiger partial charge in [-0.1, -0.05) is 30.3 Å². The molecule has 2 N–H and O–H groups in total. The van der Waals surface area contributed by atoms with Crippen LogP contribution in [0.15, 0.2) is 73.1 Å². The average Bonchev–Trinajstić information content (AvgIpc) is 3.35. The number of pyridine rings is 1. The molecule has 2 aromatic carbocycles. The van der Waals surface area contributed by atoms with Crippen LogP contribution in [0.2, 0.25) is 0 Å². The molecule has 1 saturated heterocycles. The number of halogens is 3. The van der Waals surface area contributed by atoms with E-state index in [-0.39, 0.29) is 18.0 Å². The quantitative estimate of drug-likeness (QED) is 0.359. The molecule has 0 unspecified atom stereocenters. The molecule has 9 heteroatoms. The van der Waals surface area contributed by atoms with Crippen LogP contribution in [0.5, 0.6) is 0 Å². The lowest BCUT2D eigenvalue weighted by atomic mass is 10.1. The van der Waals surface area contributed by atoms with Gasteiger partial charge in [0.15, 0.2) is 0 Å². The number of carbonyl (C=O) groups is 1. The molecule has 3 aromatic rings. The van der Waals surface area contributed by atoms with Gasteiger partial charge in [0.25, 0.3) is 0 Å². The highest BCUT2D eigenvalue weighted by atomic mass is 19.4. The van der Waals surface area contributed by atoms with Gasteiger partial charge < -0.3 is 15.5 Å². The molecule has 1 aliphatic rings. The number of carbonyl (C=O) groups excluding carboxylic acids is 1. The van der Waals surface area contributed by atoms with Crippen LogP contribution < -0.4 is 15.5 Å². The van der Waals surface area contributed by atoms with Crippen LogP contribution in [0.3, 0.4) is 0 Å². The number of alkyl halides is 3. The Balaban J connectivity index is 1.42. The molecule has 1 aliphatic heterocycles. The molecule has 0 spiro atoms. The Bertz CT molecular complexity index is 1180. The Morgan fingerprint density at radius 2 is 1.67 bits per heavy atom. The molecule has 2 atom stereocenters. The van der Waals surface area contributed by atoms with Gasteiger partial charge in [-0.05, 0) is 67.3 Å². The standard InChI is InChI=1S/C30H36F3N5O/c1-3-37(4-2)27-13-9-23(10-14-27)20-38-21-26(35-18-22-7-11-25(12-8-22)30(31,32)33)16-28(38)29(39)36-19-24-6-5-15-34-17-24/h5-15,17,26,28,35H,3-4,16,18-21H2,1-2H3,(H,36,39)/t26-,28-/m0/s1. The molecular formula is C30H36F3N5O.